The van der Waals surface area contributed by atoms with E-state index in [0.29, 0.717) is 24.5 Å². The minimum Gasteiger partial charge on any atom is -0.493 e. The fourth-order valence-electron chi connectivity index (χ4n) is 2.54. The summed E-state index contributed by atoms with van der Waals surface area (Å²) in [5, 5.41) is 3.63. The van der Waals surface area contributed by atoms with E-state index >= 15 is 0 Å². The third kappa shape index (κ3) is 4.82. The lowest BCUT2D eigenvalue weighted by atomic mass is 9.92. The Kier molecular flexibility index (Phi) is 5.68. The molecule has 0 saturated heterocycles. The minimum atomic E-state index is 0.385. The Morgan fingerprint density at radius 3 is 2.00 bits per heavy atom. The van der Waals surface area contributed by atoms with Gasteiger partial charge in [0.2, 0.25) is 0 Å². The first-order chi connectivity index (χ1) is 10.2. The van der Waals surface area contributed by atoms with Crippen molar-refractivity contribution in [3.05, 3.63) is 60.7 Å². The van der Waals surface area contributed by atoms with E-state index in [4.69, 9.17) is 4.74 Å². The van der Waals surface area contributed by atoms with Crippen molar-refractivity contribution in [1.82, 2.24) is 0 Å². The standard InChI is InChI=1S/C19H25NO/c1-15(2)19(20-17-10-6-4-7-11-17)16(3)14-21-18-12-8-5-9-13-18/h4-13,15-16,19-20H,14H2,1-3H3. The molecule has 2 rings (SSSR count). The first-order valence-corrected chi connectivity index (χ1v) is 7.66. The molecule has 2 heteroatoms. The summed E-state index contributed by atoms with van der Waals surface area (Å²) in [7, 11) is 0. The first kappa shape index (κ1) is 15.4. The summed E-state index contributed by atoms with van der Waals surface area (Å²) in [5.41, 5.74) is 1.17. The third-order valence-electron chi connectivity index (χ3n) is 3.69. The van der Waals surface area contributed by atoms with Gasteiger partial charge in [-0.05, 0) is 30.2 Å². The Hall–Kier alpha value is -1.96. The minimum absolute atomic E-state index is 0.385. The molecular formula is C19H25NO. The van der Waals surface area contributed by atoms with Crippen LogP contribution < -0.4 is 10.1 Å². The Bertz CT molecular complexity index is 510. The van der Waals surface area contributed by atoms with Crippen LogP contribution in [0.3, 0.4) is 0 Å². The van der Waals surface area contributed by atoms with E-state index in [2.05, 4.69) is 50.4 Å². The summed E-state index contributed by atoms with van der Waals surface area (Å²) < 4.78 is 5.90. The van der Waals surface area contributed by atoms with Crippen molar-refractivity contribution in [1.29, 1.82) is 0 Å². The van der Waals surface area contributed by atoms with E-state index in [1.165, 1.54) is 5.69 Å². The highest BCUT2D eigenvalue weighted by molar-refractivity contribution is 5.43. The predicted molar refractivity (Wildman–Crippen MR) is 89.8 cm³/mol. The lowest BCUT2D eigenvalue weighted by Gasteiger charge is -2.29. The summed E-state index contributed by atoms with van der Waals surface area (Å²) in [4.78, 5) is 0. The third-order valence-corrected chi connectivity index (χ3v) is 3.69. The Morgan fingerprint density at radius 2 is 1.43 bits per heavy atom. The smallest absolute Gasteiger partial charge is 0.119 e. The van der Waals surface area contributed by atoms with Crippen molar-refractivity contribution in [2.75, 3.05) is 11.9 Å². The molecule has 112 valence electrons. The molecule has 0 aliphatic heterocycles. The second kappa shape index (κ2) is 7.72. The van der Waals surface area contributed by atoms with Crippen LogP contribution in [-0.2, 0) is 0 Å². The highest BCUT2D eigenvalue weighted by Crippen LogP contribution is 2.20. The average Bonchev–Trinajstić information content (AvgIpc) is 2.52. The molecule has 0 aliphatic rings. The molecule has 0 radical (unpaired) electrons. The summed E-state index contributed by atoms with van der Waals surface area (Å²) in [6.07, 6.45) is 0. The fourth-order valence-corrected chi connectivity index (χ4v) is 2.54. The van der Waals surface area contributed by atoms with Gasteiger partial charge in [0.05, 0.1) is 6.61 Å². The van der Waals surface area contributed by atoms with Crippen molar-refractivity contribution in [3.63, 3.8) is 0 Å². The number of rotatable bonds is 7. The molecule has 0 aromatic heterocycles. The van der Waals surface area contributed by atoms with Crippen LogP contribution in [0.1, 0.15) is 20.8 Å². The zero-order chi connectivity index (χ0) is 15.1. The molecule has 1 N–H and O–H groups in total. The fraction of sp³-hybridized carbons (Fsp3) is 0.368. The maximum Gasteiger partial charge on any atom is 0.119 e. The topological polar surface area (TPSA) is 21.3 Å². The lowest BCUT2D eigenvalue weighted by molar-refractivity contribution is 0.225. The van der Waals surface area contributed by atoms with E-state index in [-0.39, 0.29) is 0 Å². The van der Waals surface area contributed by atoms with E-state index in [1.54, 1.807) is 0 Å². The first-order valence-electron chi connectivity index (χ1n) is 7.66. The largest absolute Gasteiger partial charge is 0.493 e. The van der Waals surface area contributed by atoms with Crippen molar-refractivity contribution >= 4 is 5.69 Å². The summed E-state index contributed by atoms with van der Waals surface area (Å²) in [6, 6.07) is 20.8. The summed E-state index contributed by atoms with van der Waals surface area (Å²) in [5.74, 6) is 1.90. The van der Waals surface area contributed by atoms with Crippen LogP contribution in [0.4, 0.5) is 5.69 Å². The highest BCUT2D eigenvalue weighted by Gasteiger charge is 2.21. The van der Waals surface area contributed by atoms with Crippen LogP contribution in [0.15, 0.2) is 60.7 Å². The zero-order valence-electron chi connectivity index (χ0n) is 13.1. The van der Waals surface area contributed by atoms with E-state index in [1.807, 2.05) is 36.4 Å². The van der Waals surface area contributed by atoms with Gasteiger partial charge in [0, 0.05) is 17.6 Å². The summed E-state index contributed by atoms with van der Waals surface area (Å²) in [6.45, 7) is 7.45. The molecule has 2 unspecified atom stereocenters. The van der Waals surface area contributed by atoms with Crippen molar-refractivity contribution in [2.45, 2.75) is 26.8 Å². The van der Waals surface area contributed by atoms with Crippen LogP contribution in [0.2, 0.25) is 0 Å². The van der Waals surface area contributed by atoms with Crippen LogP contribution in [0.25, 0.3) is 0 Å². The molecule has 0 spiro atoms. The highest BCUT2D eigenvalue weighted by atomic mass is 16.5. The number of para-hydroxylation sites is 2. The molecule has 0 aliphatic carbocycles. The molecule has 2 atom stereocenters. The Morgan fingerprint density at radius 1 is 0.857 bits per heavy atom. The molecule has 2 aromatic carbocycles. The van der Waals surface area contributed by atoms with Crippen LogP contribution in [-0.4, -0.2) is 12.6 Å². The van der Waals surface area contributed by atoms with E-state index < -0.39 is 0 Å². The van der Waals surface area contributed by atoms with Gasteiger partial charge in [0.25, 0.3) is 0 Å². The van der Waals surface area contributed by atoms with Gasteiger partial charge in [-0.15, -0.1) is 0 Å². The van der Waals surface area contributed by atoms with Crippen LogP contribution in [0, 0.1) is 11.8 Å². The molecule has 2 nitrogen and oxygen atoms in total. The molecule has 0 heterocycles. The molecule has 2 aromatic rings. The number of hydrogen-bond acceptors (Lipinski definition) is 2. The molecular weight excluding hydrogens is 258 g/mol. The number of ether oxygens (including phenoxy) is 1. The maximum absolute atomic E-state index is 5.90. The number of hydrogen-bond donors (Lipinski definition) is 1. The SMILES string of the molecule is CC(C)C(Nc1ccccc1)C(C)COc1ccccc1. The van der Waals surface area contributed by atoms with Crippen molar-refractivity contribution in [3.8, 4) is 5.75 Å². The maximum atomic E-state index is 5.90. The molecule has 0 amide bonds. The Labute approximate surface area is 128 Å². The Balaban J connectivity index is 1.94. The van der Waals surface area contributed by atoms with Gasteiger partial charge in [0.15, 0.2) is 0 Å². The summed E-state index contributed by atoms with van der Waals surface area (Å²) >= 11 is 0. The molecule has 21 heavy (non-hydrogen) atoms. The van der Waals surface area contributed by atoms with Gasteiger partial charge in [-0.1, -0.05) is 57.2 Å². The monoisotopic (exact) mass is 283 g/mol. The van der Waals surface area contributed by atoms with Crippen molar-refractivity contribution in [2.24, 2.45) is 11.8 Å². The predicted octanol–water partition coefficient (Wildman–Crippen LogP) is 4.84. The lowest BCUT2D eigenvalue weighted by Crippen LogP contribution is -2.35. The second-order valence-corrected chi connectivity index (χ2v) is 5.88. The number of anilines is 1. The van der Waals surface area contributed by atoms with Gasteiger partial charge in [-0.25, -0.2) is 0 Å². The number of benzene rings is 2. The molecule has 0 bridgehead atoms. The van der Waals surface area contributed by atoms with Gasteiger partial charge < -0.3 is 10.1 Å². The normalized spacial score (nSPS) is 13.7. The zero-order valence-corrected chi connectivity index (χ0v) is 13.1. The average molecular weight is 283 g/mol. The molecule has 0 fully saturated rings. The van der Waals surface area contributed by atoms with Gasteiger partial charge >= 0.3 is 0 Å². The van der Waals surface area contributed by atoms with E-state index in [0.717, 1.165) is 5.75 Å². The van der Waals surface area contributed by atoms with Gasteiger partial charge in [0.1, 0.15) is 5.75 Å². The molecule has 0 saturated carbocycles. The quantitative estimate of drug-likeness (QED) is 0.785. The second-order valence-electron chi connectivity index (χ2n) is 5.88. The van der Waals surface area contributed by atoms with Gasteiger partial charge in [-0.3, -0.25) is 0 Å². The van der Waals surface area contributed by atoms with Crippen LogP contribution in [0.5, 0.6) is 5.75 Å². The van der Waals surface area contributed by atoms with Gasteiger partial charge in [-0.2, -0.15) is 0 Å². The number of nitrogens with one attached hydrogen (secondary N) is 1. The van der Waals surface area contributed by atoms with Crippen LogP contribution >= 0.6 is 0 Å². The van der Waals surface area contributed by atoms with Crippen molar-refractivity contribution < 1.29 is 4.74 Å². The van der Waals surface area contributed by atoms with E-state index in [9.17, 15) is 0 Å².